The van der Waals surface area contributed by atoms with Crippen LogP contribution in [0.25, 0.3) is 0 Å². The predicted octanol–water partition coefficient (Wildman–Crippen LogP) is 3.50. The van der Waals surface area contributed by atoms with Gasteiger partial charge in [0, 0.05) is 24.2 Å². The van der Waals surface area contributed by atoms with Gasteiger partial charge in [0.1, 0.15) is 0 Å². The number of piperidine rings is 1. The minimum Gasteiger partial charge on any atom is -0.329 e. The quantitative estimate of drug-likeness (QED) is 0.905. The van der Waals surface area contributed by atoms with Crippen molar-refractivity contribution in [2.45, 2.75) is 44.7 Å². The van der Waals surface area contributed by atoms with Gasteiger partial charge in [0.25, 0.3) is 6.43 Å². The van der Waals surface area contributed by atoms with Crippen molar-refractivity contribution in [3.05, 3.63) is 35.4 Å². The third-order valence-electron chi connectivity index (χ3n) is 4.05. The third-order valence-corrected chi connectivity index (χ3v) is 4.05. The van der Waals surface area contributed by atoms with Gasteiger partial charge in [0.2, 0.25) is 0 Å². The lowest BCUT2D eigenvalue weighted by Gasteiger charge is -2.39. The molecule has 2 unspecified atom stereocenters. The molecule has 4 heteroatoms. The maximum Gasteiger partial charge on any atom is 0.263 e. The minimum atomic E-state index is -2.40. The molecule has 106 valence electrons. The summed E-state index contributed by atoms with van der Waals surface area (Å²) in [7, 11) is 0. The second kappa shape index (κ2) is 6.44. The summed E-state index contributed by atoms with van der Waals surface area (Å²) in [5.41, 5.74) is 7.02. The Bertz CT molecular complexity index is 392. The zero-order valence-corrected chi connectivity index (χ0v) is 11.4. The second-order valence-electron chi connectivity index (χ2n) is 5.30. The molecule has 1 aromatic rings. The first-order valence-electron chi connectivity index (χ1n) is 6.97. The van der Waals surface area contributed by atoms with Crippen LogP contribution < -0.4 is 5.73 Å². The summed E-state index contributed by atoms with van der Waals surface area (Å²) in [4.78, 5) is 2.40. The van der Waals surface area contributed by atoms with Crippen molar-refractivity contribution in [2.75, 3.05) is 13.1 Å². The Labute approximate surface area is 113 Å². The second-order valence-corrected chi connectivity index (χ2v) is 5.30. The summed E-state index contributed by atoms with van der Waals surface area (Å²) in [5.74, 6) is 0. The predicted molar refractivity (Wildman–Crippen MR) is 73.2 cm³/mol. The lowest BCUT2D eigenvalue weighted by Crippen LogP contribution is -2.43. The summed E-state index contributed by atoms with van der Waals surface area (Å²) in [6.45, 7) is 3.79. The highest BCUT2D eigenvalue weighted by molar-refractivity contribution is 5.26. The van der Waals surface area contributed by atoms with Gasteiger partial charge in [0.15, 0.2) is 0 Å². The smallest absolute Gasteiger partial charge is 0.263 e. The Morgan fingerprint density at radius 3 is 2.37 bits per heavy atom. The molecule has 0 aliphatic carbocycles. The molecule has 0 bridgehead atoms. The lowest BCUT2D eigenvalue weighted by atomic mass is 9.96. The molecule has 1 heterocycles. The SMILES string of the molecule is CC1CCCCN1C(CN)c1ccc(C(F)F)cc1. The Hall–Kier alpha value is -1.00. The number of hydrogen-bond donors (Lipinski definition) is 1. The zero-order chi connectivity index (χ0) is 13.8. The van der Waals surface area contributed by atoms with Crippen LogP contribution in [0.2, 0.25) is 0 Å². The molecule has 2 nitrogen and oxygen atoms in total. The number of nitrogens with two attached hydrogens (primary N) is 1. The van der Waals surface area contributed by atoms with Gasteiger partial charge in [-0.2, -0.15) is 0 Å². The normalized spacial score (nSPS) is 22.7. The van der Waals surface area contributed by atoms with Gasteiger partial charge in [-0.05, 0) is 31.9 Å². The summed E-state index contributed by atoms with van der Waals surface area (Å²) in [6.07, 6.45) is 1.24. The molecule has 1 aliphatic heterocycles. The van der Waals surface area contributed by atoms with Crippen LogP contribution in [0.3, 0.4) is 0 Å². The topological polar surface area (TPSA) is 29.3 Å². The Balaban J connectivity index is 2.16. The molecular formula is C15H22F2N2. The van der Waals surface area contributed by atoms with Gasteiger partial charge in [-0.3, -0.25) is 4.90 Å². The van der Waals surface area contributed by atoms with Crippen molar-refractivity contribution in [3.63, 3.8) is 0 Å². The molecule has 2 N–H and O–H groups in total. The first-order valence-corrected chi connectivity index (χ1v) is 6.97. The number of rotatable bonds is 4. The van der Waals surface area contributed by atoms with E-state index in [0.717, 1.165) is 12.1 Å². The van der Waals surface area contributed by atoms with E-state index in [1.54, 1.807) is 12.1 Å². The molecule has 0 spiro atoms. The van der Waals surface area contributed by atoms with Crippen LogP contribution in [0.1, 0.15) is 49.8 Å². The fraction of sp³-hybridized carbons (Fsp3) is 0.600. The molecule has 19 heavy (non-hydrogen) atoms. The minimum absolute atomic E-state index is 0.0752. The van der Waals surface area contributed by atoms with E-state index in [2.05, 4.69) is 11.8 Å². The molecule has 1 saturated heterocycles. The third kappa shape index (κ3) is 3.31. The maximum absolute atomic E-state index is 12.6. The summed E-state index contributed by atoms with van der Waals surface area (Å²) >= 11 is 0. The van der Waals surface area contributed by atoms with E-state index in [-0.39, 0.29) is 11.6 Å². The highest BCUT2D eigenvalue weighted by atomic mass is 19.3. The van der Waals surface area contributed by atoms with Gasteiger partial charge in [0.05, 0.1) is 0 Å². The largest absolute Gasteiger partial charge is 0.329 e. The van der Waals surface area contributed by atoms with Crippen LogP contribution in [0.5, 0.6) is 0 Å². The first kappa shape index (κ1) is 14.4. The molecular weight excluding hydrogens is 246 g/mol. The van der Waals surface area contributed by atoms with E-state index in [0.29, 0.717) is 12.6 Å². The van der Waals surface area contributed by atoms with Crippen molar-refractivity contribution < 1.29 is 8.78 Å². The number of hydrogen-bond acceptors (Lipinski definition) is 2. The molecule has 2 rings (SSSR count). The monoisotopic (exact) mass is 268 g/mol. The fourth-order valence-corrected chi connectivity index (χ4v) is 2.91. The van der Waals surface area contributed by atoms with Crippen molar-refractivity contribution in [1.82, 2.24) is 4.90 Å². The molecule has 0 amide bonds. The molecule has 1 fully saturated rings. The number of benzene rings is 1. The van der Waals surface area contributed by atoms with Crippen LogP contribution in [-0.4, -0.2) is 24.0 Å². The number of nitrogens with zero attached hydrogens (tertiary/aromatic N) is 1. The molecule has 1 aromatic carbocycles. The van der Waals surface area contributed by atoms with E-state index >= 15 is 0 Å². The van der Waals surface area contributed by atoms with E-state index in [1.165, 1.54) is 31.4 Å². The van der Waals surface area contributed by atoms with Crippen LogP contribution in [-0.2, 0) is 0 Å². The van der Waals surface area contributed by atoms with E-state index < -0.39 is 6.43 Å². The van der Waals surface area contributed by atoms with Gasteiger partial charge in [-0.1, -0.05) is 30.7 Å². The summed E-state index contributed by atoms with van der Waals surface area (Å²) in [6, 6.07) is 7.26. The van der Waals surface area contributed by atoms with Crippen LogP contribution in [0, 0.1) is 0 Å². The van der Waals surface area contributed by atoms with Crippen molar-refractivity contribution >= 4 is 0 Å². The lowest BCUT2D eigenvalue weighted by molar-refractivity contribution is 0.109. The zero-order valence-electron chi connectivity index (χ0n) is 11.4. The van der Waals surface area contributed by atoms with E-state index in [1.807, 2.05) is 0 Å². The Morgan fingerprint density at radius 2 is 1.84 bits per heavy atom. The van der Waals surface area contributed by atoms with Gasteiger partial charge in [-0.25, -0.2) is 8.78 Å². The van der Waals surface area contributed by atoms with Gasteiger partial charge >= 0.3 is 0 Å². The summed E-state index contributed by atoms with van der Waals surface area (Å²) in [5, 5.41) is 0. The fourth-order valence-electron chi connectivity index (χ4n) is 2.91. The van der Waals surface area contributed by atoms with Crippen molar-refractivity contribution in [1.29, 1.82) is 0 Å². The molecule has 0 radical (unpaired) electrons. The summed E-state index contributed by atoms with van der Waals surface area (Å²) < 4.78 is 25.1. The van der Waals surface area contributed by atoms with Crippen LogP contribution >= 0.6 is 0 Å². The molecule has 2 atom stereocenters. The van der Waals surface area contributed by atoms with Crippen molar-refractivity contribution in [2.24, 2.45) is 5.73 Å². The Morgan fingerprint density at radius 1 is 1.21 bits per heavy atom. The van der Waals surface area contributed by atoms with Gasteiger partial charge < -0.3 is 5.73 Å². The van der Waals surface area contributed by atoms with Gasteiger partial charge in [-0.15, -0.1) is 0 Å². The first-order chi connectivity index (χ1) is 9.13. The maximum atomic E-state index is 12.6. The van der Waals surface area contributed by atoms with E-state index in [9.17, 15) is 8.78 Å². The average Bonchev–Trinajstić information content (AvgIpc) is 2.42. The van der Waals surface area contributed by atoms with Crippen LogP contribution in [0.15, 0.2) is 24.3 Å². The number of halogens is 2. The highest BCUT2D eigenvalue weighted by Crippen LogP contribution is 2.29. The highest BCUT2D eigenvalue weighted by Gasteiger charge is 2.26. The number of likely N-dealkylation sites (tertiary alicyclic amines) is 1. The molecule has 0 aromatic heterocycles. The molecule has 1 aliphatic rings. The average molecular weight is 268 g/mol. The van der Waals surface area contributed by atoms with Crippen molar-refractivity contribution in [3.8, 4) is 0 Å². The van der Waals surface area contributed by atoms with E-state index in [4.69, 9.17) is 5.73 Å². The molecule has 0 saturated carbocycles. The number of alkyl halides is 2. The standard InChI is InChI=1S/C15H22F2N2/c1-11-4-2-3-9-19(11)14(10-18)12-5-7-13(8-6-12)15(16)17/h5-8,11,14-15H,2-4,9-10,18H2,1H3. The van der Waals surface area contributed by atoms with Crippen LogP contribution in [0.4, 0.5) is 8.78 Å². The Kier molecular flexibility index (Phi) is 4.88.